The van der Waals surface area contributed by atoms with Crippen molar-refractivity contribution >= 4 is 22.9 Å². The van der Waals surface area contributed by atoms with Crippen molar-refractivity contribution in [3.63, 3.8) is 0 Å². The zero-order chi connectivity index (χ0) is 14.5. The number of methoxy groups -OCH3 is 1. The summed E-state index contributed by atoms with van der Waals surface area (Å²) in [6, 6.07) is 5.70. The second-order valence-corrected chi connectivity index (χ2v) is 5.91. The first-order valence-electron chi connectivity index (χ1n) is 6.56. The van der Waals surface area contributed by atoms with Crippen LogP contribution in [0, 0.1) is 0 Å². The average molecular weight is 312 g/mol. The summed E-state index contributed by atoms with van der Waals surface area (Å²) < 4.78 is 5.35. The summed E-state index contributed by atoms with van der Waals surface area (Å²) in [6.07, 6.45) is 1.10. The quantitative estimate of drug-likeness (QED) is 0.878. The molecule has 0 fully saturated rings. The zero-order valence-electron chi connectivity index (χ0n) is 11.8. The highest BCUT2D eigenvalue weighted by atomic mass is 35.5. The molecular formula is C14H18ClN3OS. The number of aromatic nitrogens is 2. The summed E-state index contributed by atoms with van der Waals surface area (Å²) in [5, 5.41) is 14.4. The van der Waals surface area contributed by atoms with Crippen LogP contribution in [-0.4, -0.2) is 23.9 Å². The second kappa shape index (κ2) is 7.02. The third-order valence-electron chi connectivity index (χ3n) is 2.90. The molecule has 0 aliphatic heterocycles. The van der Waals surface area contributed by atoms with Gasteiger partial charge in [-0.2, -0.15) is 0 Å². The molecule has 0 saturated heterocycles. The first kappa shape index (κ1) is 15.2. The van der Waals surface area contributed by atoms with Crippen LogP contribution in [0.25, 0.3) is 10.6 Å². The number of rotatable bonds is 6. The van der Waals surface area contributed by atoms with Crippen LogP contribution in [0.5, 0.6) is 5.75 Å². The van der Waals surface area contributed by atoms with E-state index >= 15 is 0 Å². The van der Waals surface area contributed by atoms with Crippen LogP contribution in [0.15, 0.2) is 18.2 Å². The molecule has 6 heteroatoms. The van der Waals surface area contributed by atoms with Gasteiger partial charge < -0.3 is 10.1 Å². The van der Waals surface area contributed by atoms with Crippen molar-refractivity contribution in [1.82, 2.24) is 15.5 Å². The Labute approximate surface area is 128 Å². The van der Waals surface area contributed by atoms with E-state index in [0.29, 0.717) is 5.02 Å². The maximum absolute atomic E-state index is 6.05. The Kier molecular flexibility index (Phi) is 5.34. The van der Waals surface area contributed by atoms with Crippen LogP contribution in [0.4, 0.5) is 0 Å². The van der Waals surface area contributed by atoms with Gasteiger partial charge in [-0.15, -0.1) is 10.2 Å². The fourth-order valence-corrected chi connectivity index (χ4v) is 2.88. The summed E-state index contributed by atoms with van der Waals surface area (Å²) in [4.78, 5) is 0. The van der Waals surface area contributed by atoms with Crippen LogP contribution in [0.1, 0.15) is 31.3 Å². The van der Waals surface area contributed by atoms with Crippen molar-refractivity contribution in [1.29, 1.82) is 0 Å². The molecule has 1 aromatic heterocycles. The molecular weight excluding hydrogens is 294 g/mol. The SMILES string of the molecule is CCCNC(C)c1nnc(-c2cc(Cl)ccc2OC)s1. The third kappa shape index (κ3) is 3.48. The van der Waals surface area contributed by atoms with Crippen LogP contribution in [0.2, 0.25) is 5.02 Å². The van der Waals surface area contributed by atoms with Gasteiger partial charge in [0, 0.05) is 5.02 Å². The summed E-state index contributed by atoms with van der Waals surface area (Å²) >= 11 is 7.61. The van der Waals surface area contributed by atoms with Crippen LogP contribution < -0.4 is 10.1 Å². The van der Waals surface area contributed by atoms with Gasteiger partial charge in [0.2, 0.25) is 0 Å². The van der Waals surface area contributed by atoms with Gasteiger partial charge in [-0.05, 0) is 38.1 Å². The summed E-state index contributed by atoms with van der Waals surface area (Å²) in [5.74, 6) is 0.756. The molecule has 1 unspecified atom stereocenters. The molecule has 0 saturated carbocycles. The van der Waals surface area contributed by atoms with Crippen molar-refractivity contribution in [2.24, 2.45) is 0 Å². The van der Waals surface area contributed by atoms with E-state index in [4.69, 9.17) is 16.3 Å². The molecule has 20 heavy (non-hydrogen) atoms. The maximum atomic E-state index is 6.05. The van der Waals surface area contributed by atoms with E-state index in [2.05, 4.69) is 29.4 Å². The molecule has 0 bridgehead atoms. The summed E-state index contributed by atoms with van der Waals surface area (Å²) in [6.45, 7) is 5.20. The number of ether oxygens (including phenoxy) is 1. The van der Waals surface area contributed by atoms with E-state index in [1.54, 1.807) is 24.5 Å². The molecule has 0 radical (unpaired) electrons. The normalized spacial score (nSPS) is 12.4. The molecule has 2 aromatic rings. The molecule has 2 rings (SSSR count). The Hall–Kier alpha value is -1.17. The molecule has 0 aliphatic rings. The first-order valence-corrected chi connectivity index (χ1v) is 7.75. The van der Waals surface area contributed by atoms with E-state index < -0.39 is 0 Å². The number of hydrogen-bond acceptors (Lipinski definition) is 5. The minimum atomic E-state index is 0.200. The van der Waals surface area contributed by atoms with Crippen molar-refractivity contribution in [3.05, 3.63) is 28.2 Å². The molecule has 108 valence electrons. The van der Waals surface area contributed by atoms with E-state index in [0.717, 1.165) is 34.3 Å². The summed E-state index contributed by atoms with van der Waals surface area (Å²) in [7, 11) is 1.64. The molecule has 4 nitrogen and oxygen atoms in total. The third-order valence-corrected chi connectivity index (χ3v) is 4.28. The Bertz CT molecular complexity index is 573. The number of nitrogens with one attached hydrogen (secondary N) is 1. The lowest BCUT2D eigenvalue weighted by Gasteiger charge is -2.08. The lowest BCUT2D eigenvalue weighted by molar-refractivity contribution is 0.416. The lowest BCUT2D eigenvalue weighted by atomic mass is 10.2. The molecule has 0 aliphatic carbocycles. The van der Waals surface area contributed by atoms with Gasteiger partial charge in [0.25, 0.3) is 0 Å². The monoisotopic (exact) mass is 311 g/mol. The Morgan fingerprint density at radius 3 is 2.90 bits per heavy atom. The van der Waals surface area contributed by atoms with Crippen molar-refractivity contribution in [2.75, 3.05) is 13.7 Å². The van der Waals surface area contributed by atoms with Gasteiger partial charge in [-0.1, -0.05) is 29.9 Å². The Balaban J connectivity index is 2.26. The predicted molar refractivity (Wildman–Crippen MR) is 83.6 cm³/mol. The van der Waals surface area contributed by atoms with Crippen molar-refractivity contribution in [3.8, 4) is 16.3 Å². The van der Waals surface area contributed by atoms with Gasteiger partial charge in [0.1, 0.15) is 10.8 Å². The van der Waals surface area contributed by atoms with Gasteiger partial charge in [0.15, 0.2) is 5.01 Å². The number of benzene rings is 1. The molecule has 0 amide bonds. The predicted octanol–water partition coefficient (Wildman–Crippen LogP) is 3.93. The standard InChI is InChI=1S/C14H18ClN3OS/c1-4-7-16-9(2)13-17-18-14(20-13)11-8-10(15)5-6-12(11)19-3/h5-6,8-9,16H,4,7H2,1-3H3. The van der Waals surface area contributed by atoms with E-state index in [1.165, 1.54) is 0 Å². The zero-order valence-corrected chi connectivity index (χ0v) is 13.4. The van der Waals surface area contributed by atoms with Crippen LogP contribution in [-0.2, 0) is 0 Å². The highest BCUT2D eigenvalue weighted by Crippen LogP contribution is 2.35. The van der Waals surface area contributed by atoms with Gasteiger partial charge in [-0.3, -0.25) is 0 Å². The maximum Gasteiger partial charge on any atom is 0.151 e. The van der Waals surface area contributed by atoms with Gasteiger partial charge in [0.05, 0.1) is 18.7 Å². The molecule has 1 heterocycles. The number of hydrogen-bond donors (Lipinski definition) is 1. The molecule has 0 spiro atoms. The van der Waals surface area contributed by atoms with Crippen molar-refractivity contribution < 1.29 is 4.74 Å². The Morgan fingerprint density at radius 2 is 2.20 bits per heavy atom. The molecule has 1 aromatic carbocycles. The average Bonchev–Trinajstić information content (AvgIpc) is 2.94. The van der Waals surface area contributed by atoms with E-state index in [1.807, 2.05) is 12.1 Å². The minimum absolute atomic E-state index is 0.200. The van der Waals surface area contributed by atoms with E-state index in [9.17, 15) is 0 Å². The first-order chi connectivity index (χ1) is 9.65. The number of halogens is 1. The fourth-order valence-electron chi connectivity index (χ4n) is 1.81. The second-order valence-electron chi connectivity index (χ2n) is 4.47. The molecule has 1 N–H and O–H groups in total. The topological polar surface area (TPSA) is 47.0 Å². The highest BCUT2D eigenvalue weighted by Gasteiger charge is 2.15. The Morgan fingerprint density at radius 1 is 1.40 bits per heavy atom. The number of nitrogens with zero attached hydrogens (tertiary/aromatic N) is 2. The fraction of sp³-hybridized carbons (Fsp3) is 0.429. The van der Waals surface area contributed by atoms with Gasteiger partial charge >= 0.3 is 0 Å². The smallest absolute Gasteiger partial charge is 0.151 e. The van der Waals surface area contributed by atoms with Crippen molar-refractivity contribution in [2.45, 2.75) is 26.3 Å². The van der Waals surface area contributed by atoms with Crippen LogP contribution in [0.3, 0.4) is 0 Å². The summed E-state index contributed by atoms with van der Waals surface area (Å²) in [5.41, 5.74) is 0.881. The largest absolute Gasteiger partial charge is 0.496 e. The van der Waals surface area contributed by atoms with E-state index in [-0.39, 0.29) is 6.04 Å². The van der Waals surface area contributed by atoms with Gasteiger partial charge in [-0.25, -0.2) is 0 Å². The minimum Gasteiger partial charge on any atom is -0.496 e. The molecule has 1 atom stereocenters. The van der Waals surface area contributed by atoms with Crippen LogP contribution >= 0.6 is 22.9 Å². The lowest BCUT2D eigenvalue weighted by Crippen LogP contribution is -2.18. The highest BCUT2D eigenvalue weighted by molar-refractivity contribution is 7.14.